The molecule has 5 heteroatoms. The molecule has 126 valence electrons. The minimum Gasteiger partial charge on any atom is -0.497 e. The third kappa shape index (κ3) is 2.74. The fraction of sp³-hybridized carbons (Fsp3) is 0.611. The summed E-state index contributed by atoms with van der Waals surface area (Å²) in [7, 11) is 3.24. The summed E-state index contributed by atoms with van der Waals surface area (Å²) in [6.07, 6.45) is 7.02. The van der Waals surface area contributed by atoms with Crippen LogP contribution in [0.2, 0.25) is 0 Å². The van der Waals surface area contributed by atoms with Gasteiger partial charge in [0.25, 0.3) is 0 Å². The SMILES string of the molecule is COc1cc(C)c(C(=O)P2(=S)C3CCCC2CCC3)c(OC)c1. The van der Waals surface area contributed by atoms with Crippen molar-refractivity contribution in [1.29, 1.82) is 0 Å². The summed E-state index contributed by atoms with van der Waals surface area (Å²) in [5, 5.41) is 0. The first-order chi connectivity index (χ1) is 11.0. The zero-order valence-corrected chi connectivity index (χ0v) is 15.8. The average Bonchev–Trinajstić information content (AvgIpc) is 2.52. The lowest BCUT2D eigenvalue weighted by Gasteiger charge is -2.45. The van der Waals surface area contributed by atoms with Gasteiger partial charge in [-0.1, -0.05) is 24.6 Å². The first-order valence-electron chi connectivity index (χ1n) is 8.39. The summed E-state index contributed by atoms with van der Waals surface area (Å²) < 4.78 is 10.8. The Morgan fingerprint density at radius 1 is 1.09 bits per heavy atom. The zero-order chi connectivity index (χ0) is 16.6. The number of ether oxygens (including phenoxy) is 2. The molecule has 3 rings (SSSR count). The van der Waals surface area contributed by atoms with Gasteiger partial charge in [-0.15, -0.1) is 0 Å². The molecule has 2 saturated heterocycles. The number of methoxy groups -OCH3 is 2. The Kier molecular flexibility index (Phi) is 4.85. The van der Waals surface area contributed by atoms with Crippen LogP contribution in [0.15, 0.2) is 12.1 Å². The molecule has 0 spiro atoms. The second-order valence-corrected chi connectivity index (χ2v) is 11.8. The van der Waals surface area contributed by atoms with Gasteiger partial charge in [0.15, 0.2) is 5.52 Å². The number of hydrogen-bond acceptors (Lipinski definition) is 4. The maximum absolute atomic E-state index is 13.6. The quantitative estimate of drug-likeness (QED) is 0.734. The topological polar surface area (TPSA) is 35.5 Å². The highest BCUT2D eigenvalue weighted by Gasteiger charge is 2.47. The summed E-state index contributed by atoms with van der Waals surface area (Å²) in [6, 6.07) is 1.66. The Morgan fingerprint density at radius 3 is 2.13 bits per heavy atom. The first-order valence-corrected chi connectivity index (χ1v) is 11.3. The van der Waals surface area contributed by atoms with E-state index in [9.17, 15) is 4.79 Å². The fourth-order valence-corrected chi connectivity index (χ4v) is 10.0. The van der Waals surface area contributed by atoms with Crippen LogP contribution in [0.5, 0.6) is 11.5 Å². The highest BCUT2D eigenvalue weighted by atomic mass is 32.4. The normalized spacial score (nSPS) is 29.9. The lowest BCUT2D eigenvalue weighted by Crippen LogP contribution is -2.33. The van der Waals surface area contributed by atoms with Crippen LogP contribution >= 0.6 is 6.04 Å². The van der Waals surface area contributed by atoms with Crippen LogP contribution in [-0.4, -0.2) is 31.1 Å². The molecule has 3 nitrogen and oxygen atoms in total. The monoisotopic (exact) mass is 352 g/mol. The first kappa shape index (κ1) is 17.0. The molecule has 0 unspecified atom stereocenters. The van der Waals surface area contributed by atoms with E-state index >= 15 is 0 Å². The molecule has 2 fully saturated rings. The van der Waals surface area contributed by atoms with E-state index in [-0.39, 0.29) is 5.52 Å². The number of hydrogen-bond donors (Lipinski definition) is 0. The summed E-state index contributed by atoms with van der Waals surface area (Å²) in [5.74, 6) is 1.33. The van der Waals surface area contributed by atoms with Crippen molar-refractivity contribution in [3.63, 3.8) is 0 Å². The van der Waals surface area contributed by atoms with Crippen molar-refractivity contribution in [3.8, 4) is 11.5 Å². The summed E-state index contributed by atoms with van der Waals surface area (Å²) in [6.45, 7) is 1.96. The van der Waals surface area contributed by atoms with Crippen molar-refractivity contribution < 1.29 is 14.3 Å². The number of aryl methyl sites for hydroxylation is 1. The highest BCUT2D eigenvalue weighted by Crippen LogP contribution is 2.68. The van der Waals surface area contributed by atoms with Crippen LogP contribution in [0, 0.1) is 6.92 Å². The second-order valence-electron chi connectivity index (χ2n) is 6.71. The molecule has 0 N–H and O–H groups in total. The van der Waals surface area contributed by atoms with Gasteiger partial charge in [-0.2, -0.15) is 0 Å². The molecular weight excluding hydrogens is 327 g/mol. The number of fused-ring (bicyclic) bond motifs is 2. The second kappa shape index (κ2) is 6.57. The van der Waals surface area contributed by atoms with Crippen molar-refractivity contribution >= 4 is 23.4 Å². The zero-order valence-electron chi connectivity index (χ0n) is 14.1. The molecule has 0 aliphatic carbocycles. The summed E-state index contributed by atoms with van der Waals surface area (Å²) in [4.78, 5) is 13.6. The van der Waals surface area contributed by atoms with Gasteiger partial charge in [-0.3, -0.25) is 4.79 Å². The molecular formula is C18H25O3PS. The van der Waals surface area contributed by atoms with E-state index in [2.05, 4.69) is 0 Å². The van der Waals surface area contributed by atoms with E-state index in [4.69, 9.17) is 21.3 Å². The average molecular weight is 352 g/mol. The Labute approximate surface area is 143 Å². The Bertz CT molecular complexity index is 644. The maximum Gasteiger partial charge on any atom is 0.198 e. The Morgan fingerprint density at radius 2 is 1.65 bits per heavy atom. The molecule has 1 aromatic carbocycles. The van der Waals surface area contributed by atoms with Crippen LogP contribution in [0.3, 0.4) is 0 Å². The van der Waals surface area contributed by atoms with Gasteiger partial charge in [0, 0.05) is 12.1 Å². The van der Waals surface area contributed by atoms with Crippen molar-refractivity contribution in [1.82, 2.24) is 0 Å². The van der Waals surface area contributed by atoms with E-state index in [0.29, 0.717) is 22.6 Å². The van der Waals surface area contributed by atoms with Crippen LogP contribution in [0.25, 0.3) is 0 Å². The largest absolute Gasteiger partial charge is 0.497 e. The minimum atomic E-state index is -2.06. The molecule has 0 radical (unpaired) electrons. The molecule has 2 heterocycles. The lowest BCUT2D eigenvalue weighted by atomic mass is 9.99. The molecule has 1 aromatic rings. The lowest BCUT2D eigenvalue weighted by molar-refractivity contribution is 0.107. The third-order valence-electron chi connectivity index (χ3n) is 5.49. The fourth-order valence-electron chi connectivity index (χ4n) is 4.31. The van der Waals surface area contributed by atoms with E-state index in [1.807, 2.05) is 13.0 Å². The van der Waals surface area contributed by atoms with Gasteiger partial charge in [0.05, 0.1) is 19.8 Å². The van der Waals surface area contributed by atoms with Gasteiger partial charge in [-0.25, -0.2) is 0 Å². The predicted molar refractivity (Wildman–Crippen MR) is 98.2 cm³/mol. The van der Waals surface area contributed by atoms with Crippen molar-refractivity contribution in [2.24, 2.45) is 0 Å². The molecule has 0 aromatic heterocycles. The molecule has 0 atom stereocenters. The summed E-state index contributed by atoms with van der Waals surface area (Å²) >= 11 is 6.16. The molecule has 0 amide bonds. The number of rotatable bonds is 4. The Balaban J connectivity index is 2.08. The third-order valence-corrected chi connectivity index (χ3v) is 11.8. The number of carbonyl (C=O) groups excluding carboxylic acids is 1. The molecule has 23 heavy (non-hydrogen) atoms. The molecule has 2 bridgehead atoms. The van der Waals surface area contributed by atoms with Crippen molar-refractivity contribution in [2.45, 2.75) is 56.8 Å². The number of benzene rings is 1. The van der Waals surface area contributed by atoms with Crippen LogP contribution in [0.4, 0.5) is 0 Å². The molecule has 2 aliphatic rings. The highest BCUT2D eigenvalue weighted by molar-refractivity contribution is 8.23. The van der Waals surface area contributed by atoms with Gasteiger partial charge in [0.2, 0.25) is 0 Å². The predicted octanol–water partition coefficient (Wildman–Crippen LogP) is 4.74. The van der Waals surface area contributed by atoms with Crippen LogP contribution in [0.1, 0.15) is 54.4 Å². The van der Waals surface area contributed by atoms with E-state index < -0.39 is 6.04 Å². The van der Waals surface area contributed by atoms with Gasteiger partial charge < -0.3 is 9.47 Å². The van der Waals surface area contributed by atoms with Crippen molar-refractivity contribution in [3.05, 3.63) is 23.3 Å². The Hall–Kier alpha value is -0.860. The van der Waals surface area contributed by atoms with Crippen LogP contribution in [-0.2, 0) is 11.8 Å². The van der Waals surface area contributed by atoms with Gasteiger partial charge >= 0.3 is 0 Å². The number of carbonyl (C=O) groups is 1. The maximum atomic E-state index is 13.6. The van der Waals surface area contributed by atoms with Gasteiger partial charge in [-0.05, 0) is 55.6 Å². The standard InChI is InChI=1S/C18H25O3PS/c1-12-10-13(20-2)11-16(21-3)17(12)18(19)22(23)14-6-4-7-15(22)9-5-8-14/h10-11,14-15H,4-9H2,1-3H3. The minimum absolute atomic E-state index is 0.207. The molecule has 0 saturated carbocycles. The van der Waals surface area contributed by atoms with E-state index in [1.165, 1.54) is 12.8 Å². The van der Waals surface area contributed by atoms with Gasteiger partial charge in [0.1, 0.15) is 11.5 Å². The molecule has 2 aliphatic heterocycles. The van der Waals surface area contributed by atoms with E-state index in [0.717, 1.165) is 37.0 Å². The van der Waals surface area contributed by atoms with E-state index in [1.54, 1.807) is 20.3 Å². The smallest absolute Gasteiger partial charge is 0.198 e. The summed E-state index contributed by atoms with van der Waals surface area (Å²) in [5.41, 5.74) is 2.72. The van der Waals surface area contributed by atoms with Crippen LogP contribution < -0.4 is 9.47 Å². The van der Waals surface area contributed by atoms with Crippen molar-refractivity contribution in [2.75, 3.05) is 14.2 Å².